The Hall–Kier alpha value is -3.62. The molecule has 34 heavy (non-hydrogen) atoms. The van der Waals surface area contributed by atoms with E-state index in [2.05, 4.69) is 34.1 Å². The number of ether oxygens (including phenoxy) is 1. The number of nitrogens with zero attached hydrogens (tertiary/aromatic N) is 2. The number of anilines is 3. The predicted molar refractivity (Wildman–Crippen MR) is 132 cm³/mol. The highest BCUT2D eigenvalue weighted by Crippen LogP contribution is 2.31. The number of amides is 2. The molecule has 0 radical (unpaired) electrons. The second-order valence-electron chi connectivity index (χ2n) is 8.70. The van der Waals surface area contributed by atoms with Crippen molar-refractivity contribution in [2.75, 3.05) is 35.2 Å². The largest absolute Gasteiger partial charge is 0.494 e. The molecule has 1 unspecified atom stereocenters. The number of H-pyrrole nitrogens is 1. The lowest BCUT2D eigenvalue weighted by molar-refractivity contribution is -0.123. The summed E-state index contributed by atoms with van der Waals surface area (Å²) in [6, 6.07) is 7.11. The number of benzene rings is 1. The van der Waals surface area contributed by atoms with E-state index >= 15 is 0 Å². The van der Waals surface area contributed by atoms with E-state index in [1.165, 1.54) is 0 Å². The number of fused-ring (bicyclic) bond motifs is 1. The summed E-state index contributed by atoms with van der Waals surface area (Å²) in [5, 5.41) is 5.49. The number of aromatic amines is 1. The maximum absolute atomic E-state index is 13.1. The number of hydrogen-bond donors (Lipinski definition) is 3. The average molecular weight is 466 g/mol. The maximum Gasteiger partial charge on any atom is 0.258 e. The van der Waals surface area contributed by atoms with E-state index in [9.17, 15) is 14.4 Å². The molecule has 1 aromatic carbocycles. The van der Waals surface area contributed by atoms with Gasteiger partial charge in [-0.1, -0.05) is 19.9 Å². The van der Waals surface area contributed by atoms with E-state index in [-0.39, 0.29) is 23.7 Å². The quantitative estimate of drug-likeness (QED) is 0.405. The summed E-state index contributed by atoms with van der Waals surface area (Å²) in [7, 11) is 0. The first-order valence-electron chi connectivity index (χ1n) is 11.9. The predicted octanol–water partition coefficient (Wildman–Crippen LogP) is 3.61. The number of carbonyl (C=O) groups is 2. The van der Waals surface area contributed by atoms with Crippen LogP contribution in [0.3, 0.4) is 0 Å². The first-order valence-corrected chi connectivity index (χ1v) is 11.9. The van der Waals surface area contributed by atoms with Gasteiger partial charge >= 0.3 is 0 Å². The lowest BCUT2D eigenvalue weighted by Crippen LogP contribution is -2.38. The van der Waals surface area contributed by atoms with Gasteiger partial charge in [-0.05, 0) is 49.9 Å². The molecule has 2 amide bonds. The molecule has 180 valence electrons. The van der Waals surface area contributed by atoms with Crippen molar-refractivity contribution in [2.45, 2.75) is 51.4 Å². The normalized spacial score (nSPS) is 17.5. The number of piperidine rings is 1. The van der Waals surface area contributed by atoms with Crippen LogP contribution in [0.1, 0.15) is 62.5 Å². The second kappa shape index (κ2) is 10.5. The molecule has 9 heteroatoms. The van der Waals surface area contributed by atoms with Gasteiger partial charge in [0.25, 0.3) is 5.56 Å². The first kappa shape index (κ1) is 23.5. The Kier molecular flexibility index (Phi) is 7.30. The molecule has 2 aliphatic heterocycles. The van der Waals surface area contributed by atoms with Gasteiger partial charge in [0, 0.05) is 30.8 Å². The van der Waals surface area contributed by atoms with Gasteiger partial charge in [0.1, 0.15) is 11.6 Å². The van der Waals surface area contributed by atoms with Gasteiger partial charge in [0.2, 0.25) is 17.8 Å². The Morgan fingerprint density at radius 2 is 1.94 bits per heavy atom. The zero-order chi connectivity index (χ0) is 24.1. The molecule has 9 nitrogen and oxygen atoms in total. The zero-order valence-electron chi connectivity index (χ0n) is 19.5. The topological polar surface area (TPSA) is 116 Å². The van der Waals surface area contributed by atoms with Crippen molar-refractivity contribution in [1.82, 2.24) is 9.97 Å². The van der Waals surface area contributed by atoms with Gasteiger partial charge in [-0.15, -0.1) is 0 Å². The number of hydrogen-bond acceptors (Lipinski definition) is 6. The highest BCUT2D eigenvalue weighted by atomic mass is 16.5. The minimum absolute atomic E-state index is 0.118. The van der Waals surface area contributed by atoms with Crippen molar-refractivity contribution in [3.05, 3.63) is 52.3 Å². The van der Waals surface area contributed by atoms with Gasteiger partial charge in [0.05, 0.1) is 18.1 Å². The van der Waals surface area contributed by atoms with Crippen LogP contribution in [0, 0.1) is 0 Å². The number of rotatable bonds is 8. The lowest BCUT2D eigenvalue weighted by atomic mass is 9.92. The van der Waals surface area contributed by atoms with Crippen LogP contribution in [-0.4, -0.2) is 41.5 Å². The van der Waals surface area contributed by atoms with E-state index in [4.69, 9.17) is 4.74 Å². The molecule has 0 saturated carbocycles. The molecule has 1 aromatic heterocycles. The Morgan fingerprint density at radius 1 is 1.21 bits per heavy atom. The van der Waals surface area contributed by atoms with Crippen molar-refractivity contribution < 1.29 is 14.3 Å². The molecular weight excluding hydrogens is 434 g/mol. The van der Waals surface area contributed by atoms with Gasteiger partial charge in [-0.2, -0.15) is 4.98 Å². The number of unbranched alkanes of at least 4 members (excludes halogenated alkanes) is 1. The standard InChI is InChI=1S/C25H31N5O4/c1-3-4-14-34-16(2)17-8-10-18(11-9-17)26-23(32)19-15-20(31)27-22-21(19)24(33)29-25(28-22)30-12-6-5-7-13-30/h8-11,19H,2-7,12-15H2,1H3,(H,26,32)(H2,27,28,29,31,33). The van der Waals surface area contributed by atoms with Gasteiger partial charge in [-0.25, -0.2) is 0 Å². The molecule has 0 aliphatic carbocycles. The molecule has 3 heterocycles. The second-order valence-corrected chi connectivity index (χ2v) is 8.70. The van der Waals surface area contributed by atoms with Gasteiger partial charge in [0.15, 0.2) is 0 Å². The molecule has 4 rings (SSSR count). The van der Waals surface area contributed by atoms with Crippen molar-refractivity contribution >= 4 is 35.0 Å². The monoisotopic (exact) mass is 465 g/mol. The molecule has 0 bridgehead atoms. The molecule has 1 fully saturated rings. The summed E-state index contributed by atoms with van der Waals surface area (Å²) in [5.41, 5.74) is 1.16. The first-order chi connectivity index (χ1) is 16.5. The minimum atomic E-state index is -0.928. The van der Waals surface area contributed by atoms with Crippen molar-refractivity contribution in [1.29, 1.82) is 0 Å². The minimum Gasteiger partial charge on any atom is -0.494 e. The third-order valence-electron chi connectivity index (χ3n) is 6.16. The molecule has 3 N–H and O–H groups in total. The van der Waals surface area contributed by atoms with Crippen molar-refractivity contribution in [3.63, 3.8) is 0 Å². The molecule has 1 atom stereocenters. The van der Waals surface area contributed by atoms with Crippen LogP contribution in [0.25, 0.3) is 5.76 Å². The Labute approximate surface area is 198 Å². The fourth-order valence-electron chi connectivity index (χ4n) is 4.23. The Morgan fingerprint density at radius 3 is 2.65 bits per heavy atom. The summed E-state index contributed by atoms with van der Waals surface area (Å²) in [4.78, 5) is 47.7. The smallest absolute Gasteiger partial charge is 0.258 e. The highest BCUT2D eigenvalue weighted by Gasteiger charge is 2.35. The third-order valence-corrected chi connectivity index (χ3v) is 6.16. The maximum atomic E-state index is 13.1. The van der Waals surface area contributed by atoms with Crippen LogP contribution in [-0.2, 0) is 14.3 Å². The van der Waals surface area contributed by atoms with Crippen LogP contribution < -0.4 is 21.1 Å². The fraction of sp³-hybridized carbons (Fsp3) is 0.440. The van der Waals surface area contributed by atoms with E-state index in [0.717, 1.165) is 50.8 Å². The molecule has 1 saturated heterocycles. The molecule has 2 aliphatic rings. The van der Waals surface area contributed by atoms with Crippen molar-refractivity contribution in [2.24, 2.45) is 0 Å². The van der Waals surface area contributed by atoms with E-state index in [1.807, 2.05) is 17.0 Å². The highest BCUT2D eigenvalue weighted by molar-refractivity contribution is 6.04. The molecule has 2 aromatic rings. The third kappa shape index (κ3) is 5.30. The average Bonchev–Trinajstić information content (AvgIpc) is 2.84. The molecule has 0 spiro atoms. The summed E-state index contributed by atoms with van der Waals surface area (Å²) in [6.45, 7) is 8.24. The van der Waals surface area contributed by atoms with E-state index in [1.54, 1.807) is 12.1 Å². The Balaban J connectivity index is 1.49. The van der Waals surface area contributed by atoms with Crippen LogP contribution in [0.5, 0.6) is 0 Å². The van der Waals surface area contributed by atoms with Crippen LogP contribution >= 0.6 is 0 Å². The van der Waals surface area contributed by atoms with Gasteiger partial charge < -0.3 is 20.3 Å². The zero-order valence-corrected chi connectivity index (χ0v) is 19.5. The van der Waals surface area contributed by atoms with Gasteiger partial charge in [-0.3, -0.25) is 19.4 Å². The SMILES string of the molecule is C=C(OCCCC)c1ccc(NC(=O)C2CC(=O)Nc3nc(N4CCCCC4)[nH]c(=O)c32)cc1. The summed E-state index contributed by atoms with van der Waals surface area (Å²) in [6.07, 6.45) is 5.07. The van der Waals surface area contributed by atoms with Crippen LogP contribution in [0.15, 0.2) is 35.6 Å². The number of aromatic nitrogens is 2. The van der Waals surface area contributed by atoms with Crippen LogP contribution in [0.4, 0.5) is 17.5 Å². The molecular formula is C25H31N5O4. The van der Waals surface area contributed by atoms with Crippen LogP contribution in [0.2, 0.25) is 0 Å². The Bertz CT molecular complexity index is 1120. The van der Waals surface area contributed by atoms with E-state index < -0.39 is 17.4 Å². The number of nitrogens with one attached hydrogen (secondary N) is 3. The summed E-state index contributed by atoms with van der Waals surface area (Å²) in [5.74, 6) is -0.529. The number of carbonyl (C=O) groups excluding carboxylic acids is 2. The fourth-order valence-corrected chi connectivity index (χ4v) is 4.23. The van der Waals surface area contributed by atoms with Crippen molar-refractivity contribution in [3.8, 4) is 0 Å². The lowest BCUT2D eigenvalue weighted by Gasteiger charge is -2.29. The van der Waals surface area contributed by atoms with E-state index in [0.29, 0.717) is 24.0 Å². The summed E-state index contributed by atoms with van der Waals surface area (Å²) < 4.78 is 5.63. The summed E-state index contributed by atoms with van der Waals surface area (Å²) >= 11 is 0.